The topological polar surface area (TPSA) is 38.3 Å². The first kappa shape index (κ1) is 15.5. The summed E-state index contributed by atoms with van der Waals surface area (Å²) in [5.41, 5.74) is 0.559. The zero-order chi connectivity index (χ0) is 13.4. The molecule has 0 aromatic heterocycles. The van der Waals surface area contributed by atoms with Crippen LogP contribution in [0.2, 0.25) is 5.02 Å². The van der Waals surface area contributed by atoms with Crippen molar-refractivity contribution in [3.05, 3.63) is 33.3 Å². The average molecular weight is 335 g/mol. The lowest BCUT2D eigenvalue weighted by Crippen LogP contribution is -2.25. The summed E-state index contributed by atoms with van der Waals surface area (Å²) in [6.07, 6.45) is 1.83. The zero-order valence-corrected chi connectivity index (χ0v) is 12.7. The summed E-state index contributed by atoms with van der Waals surface area (Å²) >= 11 is 9.19. The Morgan fingerprint density at radius 1 is 1.39 bits per heavy atom. The van der Waals surface area contributed by atoms with Crippen LogP contribution in [0.4, 0.5) is 0 Å². The van der Waals surface area contributed by atoms with Crippen LogP contribution < -0.4 is 5.32 Å². The van der Waals surface area contributed by atoms with Crippen LogP contribution in [-0.4, -0.2) is 25.7 Å². The van der Waals surface area contributed by atoms with E-state index in [1.54, 1.807) is 18.2 Å². The van der Waals surface area contributed by atoms with Gasteiger partial charge in [0.05, 0.1) is 0 Å². The van der Waals surface area contributed by atoms with Gasteiger partial charge in [-0.2, -0.15) is 0 Å². The molecular formula is C13H17BrClNO2. The molecule has 5 heteroatoms. The molecule has 3 nitrogen and oxygen atoms in total. The molecule has 18 heavy (non-hydrogen) atoms. The molecule has 1 N–H and O–H groups in total. The molecule has 0 bridgehead atoms. The van der Waals surface area contributed by atoms with E-state index in [4.69, 9.17) is 16.3 Å². The van der Waals surface area contributed by atoms with E-state index < -0.39 is 0 Å². The standard InChI is InChI=1S/C13H17BrClNO2/c1-2-5-18-6-3-4-16-13(17)10-7-11(14)9-12(15)8-10/h7-9H,2-6H2,1H3,(H,16,17). The van der Waals surface area contributed by atoms with Crippen molar-refractivity contribution >= 4 is 33.4 Å². The van der Waals surface area contributed by atoms with Crippen molar-refractivity contribution in [1.82, 2.24) is 5.32 Å². The lowest BCUT2D eigenvalue weighted by atomic mass is 10.2. The van der Waals surface area contributed by atoms with Gasteiger partial charge in [0.1, 0.15) is 0 Å². The van der Waals surface area contributed by atoms with E-state index in [0.29, 0.717) is 23.7 Å². The van der Waals surface area contributed by atoms with E-state index in [2.05, 4.69) is 28.2 Å². The quantitative estimate of drug-likeness (QED) is 0.773. The minimum atomic E-state index is -0.117. The van der Waals surface area contributed by atoms with E-state index in [0.717, 1.165) is 23.9 Å². The molecule has 0 aliphatic carbocycles. The predicted molar refractivity (Wildman–Crippen MR) is 77.2 cm³/mol. The molecule has 0 aliphatic rings. The highest BCUT2D eigenvalue weighted by Gasteiger charge is 2.06. The van der Waals surface area contributed by atoms with Gasteiger partial charge in [0.15, 0.2) is 0 Å². The maximum atomic E-state index is 11.8. The van der Waals surface area contributed by atoms with Gasteiger partial charge in [-0.05, 0) is 31.0 Å². The lowest BCUT2D eigenvalue weighted by Gasteiger charge is -2.06. The molecule has 0 saturated carbocycles. The van der Waals surface area contributed by atoms with Crippen LogP contribution in [0, 0.1) is 0 Å². The fraction of sp³-hybridized carbons (Fsp3) is 0.462. The highest BCUT2D eigenvalue weighted by atomic mass is 79.9. The molecule has 0 unspecified atom stereocenters. The van der Waals surface area contributed by atoms with Crippen LogP contribution in [0.3, 0.4) is 0 Å². The molecule has 0 aliphatic heterocycles. The van der Waals surface area contributed by atoms with Gasteiger partial charge in [0, 0.05) is 34.8 Å². The first-order valence-corrected chi connectivity index (χ1v) is 7.12. The number of rotatable bonds is 7. The molecule has 0 spiro atoms. The summed E-state index contributed by atoms with van der Waals surface area (Å²) in [5.74, 6) is -0.117. The monoisotopic (exact) mass is 333 g/mol. The Labute approximate surface area is 121 Å². The second kappa shape index (κ2) is 8.51. The molecule has 0 saturated heterocycles. The molecule has 0 atom stereocenters. The minimum absolute atomic E-state index is 0.117. The van der Waals surface area contributed by atoms with Gasteiger partial charge in [0.2, 0.25) is 0 Å². The van der Waals surface area contributed by atoms with Crippen LogP contribution in [-0.2, 0) is 4.74 Å². The number of benzene rings is 1. The highest BCUT2D eigenvalue weighted by molar-refractivity contribution is 9.10. The summed E-state index contributed by atoms with van der Waals surface area (Å²) in [7, 11) is 0. The van der Waals surface area contributed by atoms with Crippen LogP contribution in [0.25, 0.3) is 0 Å². The third-order valence-corrected chi connectivity index (χ3v) is 2.90. The molecule has 0 radical (unpaired) electrons. The maximum Gasteiger partial charge on any atom is 0.251 e. The SMILES string of the molecule is CCCOCCCNC(=O)c1cc(Cl)cc(Br)c1. The van der Waals surface area contributed by atoms with Crippen molar-refractivity contribution in [2.45, 2.75) is 19.8 Å². The van der Waals surface area contributed by atoms with Gasteiger partial charge in [-0.3, -0.25) is 4.79 Å². The second-order valence-corrected chi connectivity index (χ2v) is 5.23. The Bertz CT molecular complexity index is 378. The number of carbonyl (C=O) groups excluding carboxylic acids is 1. The predicted octanol–water partition coefficient (Wildman–Crippen LogP) is 3.65. The normalized spacial score (nSPS) is 10.4. The Balaban J connectivity index is 2.32. The Hall–Kier alpha value is -0.580. The van der Waals surface area contributed by atoms with Crippen molar-refractivity contribution in [3.63, 3.8) is 0 Å². The third kappa shape index (κ3) is 5.85. The number of nitrogens with one attached hydrogen (secondary N) is 1. The van der Waals surface area contributed by atoms with E-state index >= 15 is 0 Å². The van der Waals surface area contributed by atoms with Gasteiger partial charge < -0.3 is 10.1 Å². The van der Waals surface area contributed by atoms with E-state index in [-0.39, 0.29) is 5.91 Å². The largest absolute Gasteiger partial charge is 0.381 e. The van der Waals surface area contributed by atoms with Gasteiger partial charge in [-0.15, -0.1) is 0 Å². The molecule has 1 aromatic carbocycles. The van der Waals surface area contributed by atoms with Crippen molar-refractivity contribution in [3.8, 4) is 0 Å². The van der Waals surface area contributed by atoms with Gasteiger partial charge in [-0.25, -0.2) is 0 Å². The number of hydrogen-bond donors (Lipinski definition) is 1. The van der Waals surface area contributed by atoms with Gasteiger partial charge >= 0.3 is 0 Å². The summed E-state index contributed by atoms with van der Waals surface area (Å²) < 4.78 is 6.13. The third-order valence-electron chi connectivity index (χ3n) is 2.22. The van der Waals surface area contributed by atoms with Gasteiger partial charge in [-0.1, -0.05) is 34.5 Å². The second-order valence-electron chi connectivity index (χ2n) is 3.88. The molecule has 1 aromatic rings. The first-order chi connectivity index (χ1) is 8.63. The van der Waals surface area contributed by atoms with Crippen molar-refractivity contribution in [1.29, 1.82) is 0 Å². The number of carbonyl (C=O) groups is 1. The van der Waals surface area contributed by atoms with Crippen molar-refractivity contribution < 1.29 is 9.53 Å². The molecule has 0 fully saturated rings. The Kier molecular flexibility index (Phi) is 7.32. The van der Waals surface area contributed by atoms with Crippen LogP contribution >= 0.6 is 27.5 Å². The lowest BCUT2D eigenvalue weighted by molar-refractivity contribution is 0.0941. The maximum absolute atomic E-state index is 11.8. The summed E-state index contributed by atoms with van der Waals surface area (Å²) in [4.78, 5) is 11.8. The number of amides is 1. The highest BCUT2D eigenvalue weighted by Crippen LogP contribution is 2.19. The fourth-order valence-electron chi connectivity index (χ4n) is 1.41. The summed E-state index contributed by atoms with van der Waals surface area (Å²) in [6.45, 7) is 4.12. The first-order valence-electron chi connectivity index (χ1n) is 5.95. The fourth-order valence-corrected chi connectivity index (χ4v) is 2.27. The van der Waals surface area contributed by atoms with Crippen molar-refractivity contribution in [2.24, 2.45) is 0 Å². The minimum Gasteiger partial charge on any atom is -0.381 e. The zero-order valence-electron chi connectivity index (χ0n) is 10.3. The van der Waals surface area contributed by atoms with Crippen LogP contribution in [0.15, 0.2) is 22.7 Å². The summed E-state index contributed by atoms with van der Waals surface area (Å²) in [6, 6.07) is 5.14. The number of hydrogen-bond acceptors (Lipinski definition) is 2. The van der Waals surface area contributed by atoms with E-state index in [1.807, 2.05) is 0 Å². The molecular weight excluding hydrogens is 318 g/mol. The van der Waals surface area contributed by atoms with Gasteiger partial charge in [0.25, 0.3) is 5.91 Å². The van der Waals surface area contributed by atoms with E-state index in [1.165, 1.54) is 0 Å². The molecule has 100 valence electrons. The average Bonchev–Trinajstić information content (AvgIpc) is 2.32. The molecule has 1 amide bonds. The van der Waals surface area contributed by atoms with Crippen LogP contribution in [0.1, 0.15) is 30.1 Å². The number of ether oxygens (including phenoxy) is 1. The molecule has 1 rings (SSSR count). The van der Waals surface area contributed by atoms with Crippen LogP contribution in [0.5, 0.6) is 0 Å². The van der Waals surface area contributed by atoms with E-state index in [9.17, 15) is 4.79 Å². The number of halogens is 2. The Morgan fingerprint density at radius 3 is 2.83 bits per heavy atom. The Morgan fingerprint density at radius 2 is 2.17 bits per heavy atom. The van der Waals surface area contributed by atoms with Crippen molar-refractivity contribution in [2.75, 3.05) is 19.8 Å². The molecule has 0 heterocycles. The summed E-state index contributed by atoms with van der Waals surface area (Å²) in [5, 5.41) is 3.37. The smallest absolute Gasteiger partial charge is 0.251 e.